The number of hydrogen-bond acceptors (Lipinski definition) is 5. The molecule has 4 nitrogen and oxygen atoms in total. The van der Waals surface area contributed by atoms with Crippen LogP contribution in [0.5, 0.6) is 10.9 Å². The van der Waals surface area contributed by atoms with E-state index in [1.807, 2.05) is 12.1 Å². The molecule has 0 saturated carbocycles. The van der Waals surface area contributed by atoms with Crippen molar-refractivity contribution in [3.63, 3.8) is 0 Å². The van der Waals surface area contributed by atoms with Gasteiger partial charge in [0.25, 0.3) is 5.19 Å². The van der Waals surface area contributed by atoms with E-state index >= 15 is 0 Å². The Hall–Kier alpha value is -1.95. The molecule has 0 aliphatic rings. The third-order valence-electron chi connectivity index (χ3n) is 5.14. The lowest BCUT2D eigenvalue weighted by Gasteiger charge is -2.19. The van der Waals surface area contributed by atoms with Crippen LogP contribution in [-0.4, -0.2) is 33.9 Å². The molecule has 0 unspecified atom stereocenters. The van der Waals surface area contributed by atoms with Crippen molar-refractivity contribution in [2.75, 3.05) is 19.6 Å². The molecule has 29 heavy (non-hydrogen) atoms. The van der Waals surface area contributed by atoms with Crippen molar-refractivity contribution in [2.45, 2.75) is 41.0 Å². The zero-order valence-electron chi connectivity index (χ0n) is 17.9. The second-order valence-corrected chi connectivity index (χ2v) is 7.89. The van der Waals surface area contributed by atoms with Crippen LogP contribution in [-0.2, 0) is 6.42 Å². The third kappa shape index (κ3) is 6.01. The highest BCUT2D eigenvalue weighted by atomic mass is 35.5. The molecule has 3 aromatic rings. The van der Waals surface area contributed by atoms with Crippen LogP contribution in [0.15, 0.2) is 36.4 Å². The summed E-state index contributed by atoms with van der Waals surface area (Å²) in [5, 5.41) is 0.578. The van der Waals surface area contributed by atoms with E-state index in [4.69, 9.17) is 4.74 Å². The van der Waals surface area contributed by atoms with Crippen LogP contribution in [0.1, 0.15) is 36.1 Å². The first-order valence-electron chi connectivity index (χ1n) is 9.91. The summed E-state index contributed by atoms with van der Waals surface area (Å²) >= 11 is 1.29. The molecule has 0 amide bonds. The number of benzene rings is 2. The summed E-state index contributed by atoms with van der Waals surface area (Å²) < 4.78 is 10.5. The van der Waals surface area contributed by atoms with Crippen LogP contribution >= 0.6 is 23.9 Å². The highest BCUT2D eigenvalue weighted by Gasteiger charge is 2.12. The lowest BCUT2D eigenvalue weighted by Crippen LogP contribution is -2.25. The van der Waals surface area contributed by atoms with Crippen LogP contribution in [0.2, 0.25) is 0 Å². The van der Waals surface area contributed by atoms with Gasteiger partial charge in [-0.25, -0.2) is 0 Å². The maximum Gasteiger partial charge on any atom is 0.299 e. The molecule has 0 bridgehead atoms. The molecule has 0 fully saturated rings. The van der Waals surface area contributed by atoms with Gasteiger partial charge >= 0.3 is 0 Å². The second kappa shape index (κ2) is 10.7. The molecule has 0 aliphatic heterocycles. The number of nitrogens with zero attached hydrogens (tertiary/aromatic N) is 3. The highest BCUT2D eigenvalue weighted by molar-refractivity contribution is 7.07. The summed E-state index contributed by atoms with van der Waals surface area (Å²) in [4.78, 5) is 7.01. The Balaban J connectivity index is 0.00000300. The van der Waals surface area contributed by atoms with E-state index in [2.05, 4.69) is 73.1 Å². The molecule has 0 spiro atoms. The Morgan fingerprint density at radius 3 is 2.31 bits per heavy atom. The summed E-state index contributed by atoms with van der Waals surface area (Å²) in [5.41, 5.74) is 6.01. The van der Waals surface area contributed by atoms with Gasteiger partial charge in [0, 0.05) is 23.6 Å². The number of ether oxygens (including phenoxy) is 1. The average molecular weight is 432 g/mol. The fraction of sp³-hybridized carbons (Fsp3) is 0.391. The smallest absolute Gasteiger partial charge is 0.299 e. The van der Waals surface area contributed by atoms with Gasteiger partial charge in [0.15, 0.2) is 5.82 Å². The molecular formula is C23H30ClN3OS. The van der Waals surface area contributed by atoms with E-state index in [1.165, 1.54) is 28.2 Å². The quantitative estimate of drug-likeness (QED) is 0.423. The molecule has 156 valence electrons. The molecule has 0 N–H and O–H groups in total. The van der Waals surface area contributed by atoms with Gasteiger partial charge in [-0.3, -0.25) is 0 Å². The van der Waals surface area contributed by atoms with Crippen molar-refractivity contribution in [3.8, 4) is 22.3 Å². The summed E-state index contributed by atoms with van der Waals surface area (Å²) in [6.07, 6.45) is 1.06. The fourth-order valence-electron chi connectivity index (χ4n) is 3.21. The SMILES string of the molecule is CCN(CC)CCc1cc(C)c(Oc2nc(-c3ccc(C)cc3)ns2)cc1C.Cl. The molecule has 0 radical (unpaired) electrons. The molecular weight excluding hydrogens is 402 g/mol. The molecule has 2 aromatic carbocycles. The van der Waals surface area contributed by atoms with E-state index in [9.17, 15) is 0 Å². The maximum absolute atomic E-state index is 6.07. The first kappa shape index (κ1) is 23.3. The van der Waals surface area contributed by atoms with Crippen LogP contribution < -0.4 is 4.74 Å². The number of halogens is 1. The number of aromatic nitrogens is 2. The number of rotatable bonds is 8. The number of likely N-dealkylation sites (N-methyl/N-ethyl adjacent to an activating group) is 1. The van der Waals surface area contributed by atoms with E-state index in [1.54, 1.807) is 0 Å². The van der Waals surface area contributed by atoms with Gasteiger partial charge in [-0.1, -0.05) is 49.7 Å². The van der Waals surface area contributed by atoms with Gasteiger partial charge in [0.2, 0.25) is 0 Å². The Bertz CT molecular complexity index is 920. The highest BCUT2D eigenvalue weighted by Crippen LogP contribution is 2.31. The lowest BCUT2D eigenvalue weighted by atomic mass is 10.0. The van der Waals surface area contributed by atoms with Crippen molar-refractivity contribution in [1.82, 2.24) is 14.3 Å². The predicted octanol–water partition coefficient (Wildman–Crippen LogP) is 6.23. The minimum Gasteiger partial charge on any atom is -0.430 e. The first-order chi connectivity index (χ1) is 13.5. The average Bonchev–Trinajstić information content (AvgIpc) is 3.15. The zero-order valence-corrected chi connectivity index (χ0v) is 19.5. The summed E-state index contributed by atoms with van der Waals surface area (Å²) in [6.45, 7) is 14.0. The second-order valence-electron chi connectivity index (χ2n) is 7.17. The maximum atomic E-state index is 6.07. The van der Waals surface area contributed by atoms with Gasteiger partial charge in [-0.2, -0.15) is 9.36 Å². The lowest BCUT2D eigenvalue weighted by molar-refractivity contribution is 0.307. The Morgan fingerprint density at radius 1 is 0.966 bits per heavy atom. The molecule has 3 rings (SSSR count). The van der Waals surface area contributed by atoms with Gasteiger partial charge < -0.3 is 9.64 Å². The topological polar surface area (TPSA) is 38.2 Å². The summed E-state index contributed by atoms with van der Waals surface area (Å²) in [7, 11) is 0. The van der Waals surface area contributed by atoms with Gasteiger partial charge in [-0.15, -0.1) is 12.4 Å². The molecule has 6 heteroatoms. The standard InChI is InChI=1S/C23H29N3OS.ClH/c1-6-26(7-2)13-12-20-14-18(5)21(15-17(20)4)27-23-24-22(25-28-23)19-10-8-16(3)9-11-19;/h8-11,14-15H,6-7,12-13H2,1-5H3;1H. The van der Waals surface area contributed by atoms with Gasteiger partial charge in [0.05, 0.1) is 0 Å². The Morgan fingerprint density at radius 2 is 1.66 bits per heavy atom. The molecule has 0 saturated heterocycles. The van der Waals surface area contributed by atoms with Crippen LogP contribution in [0, 0.1) is 20.8 Å². The van der Waals surface area contributed by atoms with Crippen molar-refractivity contribution >= 4 is 23.9 Å². The monoisotopic (exact) mass is 431 g/mol. The summed E-state index contributed by atoms with van der Waals surface area (Å²) in [5.74, 6) is 1.57. The molecule has 1 heterocycles. The number of hydrogen-bond donors (Lipinski definition) is 0. The minimum absolute atomic E-state index is 0. The Kier molecular flexibility index (Phi) is 8.62. The fourth-order valence-corrected chi connectivity index (χ4v) is 3.78. The third-order valence-corrected chi connectivity index (χ3v) is 5.73. The minimum atomic E-state index is 0. The van der Waals surface area contributed by atoms with Crippen molar-refractivity contribution in [2.24, 2.45) is 0 Å². The van der Waals surface area contributed by atoms with E-state index in [-0.39, 0.29) is 12.4 Å². The van der Waals surface area contributed by atoms with Crippen molar-refractivity contribution in [3.05, 3.63) is 58.7 Å². The zero-order chi connectivity index (χ0) is 20.1. The van der Waals surface area contributed by atoms with Crippen LogP contribution in [0.3, 0.4) is 0 Å². The van der Waals surface area contributed by atoms with E-state index < -0.39 is 0 Å². The molecule has 0 atom stereocenters. The normalized spacial score (nSPS) is 10.8. The number of aryl methyl sites for hydroxylation is 3. The van der Waals surface area contributed by atoms with Crippen molar-refractivity contribution < 1.29 is 4.74 Å². The van der Waals surface area contributed by atoms with Gasteiger partial charge in [0.1, 0.15) is 5.75 Å². The van der Waals surface area contributed by atoms with Gasteiger partial charge in [-0.05, 0) is 63.0 Å². The van der Waals surface area contributed by atoms with Crippen molar-refractivity contribution in [1.29, 1.82) is 0 Å². The summed E-state index contributed by atoms with van der Waals surface area (Å²) in [6, 6.07) is 12.6. The van der Waals surface area contributed by atoms with Crippen LogP contribution in [0.25, 0.3) is 11.4 Å². The largest absolute Gasteiger partial charge is 0.430 e. The predicted molar refractivity (Wildman–Crippen MR) is 125 cm³/mol. The van der Waals surface area contributed by atoms with E-state index in [0.29, 0.717) is 11.0 Å². The van der Waals surface area contributed by atoms with Crippen LogP contribution in [0.4, 0.5) is 0 Å². The first-order valence-corrected chi connectivity index (χ1v) is 10.7. The molecule has 1 aromatic heterocycles. The van der Waals surface area contributed by atoms with E-state index in [0.717, 1.165) is 42.9 Å². The Labute approximate surface area is 184 Å². The molecule has 0 aliphatic carbocycles.